The van der Waals surface area contributed by atoms with Gasteiger partial charge in [-0.15, -0.1) is 0 Å². The number of aromatic nitrogens is 2. The normalized spacial score (nSPS) is 10.8. The van der Waals surface area contributed by atoms with E-state index in [0.29, 0.717) is 18.6 Å². The van der Waals surface area contributed by atoms with E-state index in [1.54, 1.807) is 22.7 Å². The third-order valence-corrected chi connectivity index (χ3v) is 3.25. The predicted molar refractivity (Wildman–Crippen MR) is 77.6 cm³/mol. The van der Waals surface area contributed by atoms with E-state index in [9.17, 15) is 13.6 Å². The summed E-state index contributed by atoms with van der Waals surface area (Å²) >= 11 is 0. The predicted octanol–water partition coefficient (Wildman–Crippen LogP) is 2.59. The van der Waals surface area contributed by atoms with Crippen LogP contribution in [0.15, 0.2) is 48.8 Å². The van der Waals surface area contributed by atoms with Crippen LogP contribution in [0, 0.1) is 11.6 Å². The van der Waals surface area contributed by atoms with Crippen LogP contribution in [-0.4, -0.2) is 21.8 Å². The fraction of sp³-hybridized carbons (Fsp3) is 0.125. The first-order valence-corrected chi connectivity index (χ1v) is 6.79. The summed E-state index contributed by atoms with van der Waals surface area (Å²) in [6.07, 6.45) is 3.51. The number of hydrogen-bond acceptors (Lipinski definition) is 2. The van der Waals surface area contributed by atoms with Crippen LogP contribution in [0.1, 0.15) is 16.1 Å². The molecule has 0 fully saturated rings. The Morgan fingerprint density at radius 1 is 1.14 bits per heavy atom. The smallest absolute Gasteiger partial charge is 0.254 e. The highest BCUT2D eigenvalue weighted by molar-refractivity contribution is 5.94. The second-order valence-electron chi connectivity index (χ2n) is 4.83. The summed E-state index contributed by atoms with van der Waals surface area (Å²) in [6, 6.07) is 8.73. The number of halogens is 2. The fourth-order valence-electron chi connectivity index (χ4n) is 2.18. The number of nitrogens with one attached hydrogen (secondary N) is 1. The molecule has 4 nitrogen and oxygen atoms in total. The lowest BCUT2D eigenvalue weighted by atomic mass is 10.2. The Balaban J connectivity index is 1.62. The molecule has 0 bridgehead atoms. The molecule has 1 amide bonds. The van der Waals surface area contributed by atoms with Crippen LogP contribution in [0.4, 0.5) is 8.78 Å². The quantitative estimate of drug-likeness (QED) is 0.805. The SMILES string of the molecule is O=C(NCCc1cn2cc(F)ccc2n1)c1ccccc1F. The second-order valence-corrected chi connectivity index (χ2v) is 4.83. The van der Waals surface area contributed by atoms with E-state index < -0.39 is 11.7 Å². The Bertz CT molecular complexity index is 829. The molecule has 112 valence electrons. The van der Waals surface area contributed by atoms with Crippen LogP contribution >= 0.6 is 0 Å². The molecule has 3 rings (SSSR count). The molecule has 0 aliphatic heterocycles. The van der Waals surface area contributed by atoms with E-state index in [2.05, 4.69) is 10.3 Å². The molecule has 2 heterocycles. The van der Waals surface area contributed by atoms with E-state index in [1.165, 1.54) is 30.5 Å². The van der Waals surface area contributed by atoms with Gasteiger partial charge in [0.1, 0.15) is 17.3 Å². The van der Waals surface area contributed by atoms with Crippen molar-refractivity contribution in [3.63, 3.8) is 0 Å². The number of hydrogen-bond donors (Lipinski definition) is 1. The number of fused-ring (bicyclic) bond motifs is 1. The lowest BCUT2D eigenvalue weighted by molar-refractivity contribution is 0.0950. The van der Waals surface area contributed by atoms with Crippen LogP contribution in [0.5, 0.6) is 0 Å². The maximum absolute atomic E-state index is 13.5. The van der Waals surface area contributed by atoms with Crippen LogP contribution in [0.2, 0.25) is 0 Å². The van der Waals surface area contributed by atoms with E-state index in [-0.39, 0.29) is 11.4 Å². The molecule has 0 aliphatic rings. The van der Waals surface area contributed by atoms with E-state index in [4.69, 9.17) is 0 Å². The number of nitrogens with zero attached hydrogens (tertiary/aromatic N) is 2. The van der Waals surface area contributed by atoms with Gasteiger partial charge in [0, 0.05) is 25.4 Å². The average molecular weight is 301 g/mol. The fourth-order valence-corrected chi connectivity index (χ4v) is 2.18. The van der Waals surface area contributed by atoms with Crippen LogP contribution in [0.3, 0.4) is 0 Å². The topological polar surface area (TPSA) is 46.4 Å². The number of rotatable bonds is 4. The van der Waals surface area contributed by atoms with Crippen LogP contribution in [-0.2, 0) is 6.42 Å². The molecule has 0 radical (unpaired) electrons. The van der Waals surface area contributed by atoms with Gasteiger partial charge in [0.15, 0.2) is 0 Å². The van der Waals surface area contributed by atoms with Crippen molar-refractivity contribution in [1.82, 2.24) is 14.7 Å². The Morgan fingerprint density at radius 2 is 1.95 bits per heavy atom. The summed E-state index contributed by atoms with van der Waals surface area (Å²) in [7, 11) is 0. The molecule has 22 heavy (non-hydrogen) atoms. The first kappa shape index (κ1) is 14.2. The molecule has 0 unspecified atom stereocenters. The Morgan fingerprint density at radius 3 is 2.77 bits per heavy atom. The van der Waals surface area contributed by atoms with Crippen molar-refractivity contribution in [1.29, 1.82) is 0 Å². The molecule has 0 saturated carbocycles. The number of imidazole rings is 1. The molecule has 0 saturated heterocycles. The number of carbonyl (C=O) groups excluding carboxylic acids is 1. The largest absolute Gasteiger partial charge is 0.352 e. The van der Waals surface area contributed by atoms with E-state index in [0.717, 1.165) is 5.69 Å². The summed E-state index contributed by atoms with van der Waals surface area (Å²) < 4.78 is 28.1. The third kappa shape index (κ3) is 2.95. The van der Waals surface area contributed by atoms with Gasteiger partial charge in [-0.05, 0) is 24.3 Å². The summed E-state index contributed by atoms with van der Waals surface area (Å²) in [5.41, 5.74) is 1.37. The molecule has 3 aromatic rings. The summed E-state index contributed by atoms with van der Waals surface area (Å²) in [5, 5.41) is 2.64. The van der Waals surface area contributed by atoms with Crippen molar-refractivity contribution in [3.05, 3.63) is 71.7 Å². The maximum atomic E-state index is 13.5. The molecular formula is C16H13F2N3O. The number of carbonyl (C=O) groups is 1. The van der Waals surface area contributed by atoms with Gasteiger partial charge >= 0.3 is 0 Å². The van der Waals surface area contributed by atoms with Crippen molar-refractivity contribution in [2.45, 2.75) is 6.42 Å². The van der Waals surface area contributed by atoms with Gasteiger partial charge in [-0.1, -0.05) is 12.1 Å². The van der Waals surface area contributed by atoms with Gasteiger partial charge in [-0.25, -0.2) is 13.8 Å². The first-order valence-electron chi connectivity index (χ1n) is 6.79. The summed E-state index contributed by atoms with van der Waals surface area (Å²) in [6.45, 7) is 0.319. The first-order chi connectivity index (χ1) is 10.6. The zero-order valence-electron chi connectivity index (χ0n) is 11.6. The van der Waals surface area contributed by atoms with Gasteiger partial charge in [-0.2, -0.15) is 0 Å². The molecule has 0 spiro atoms. The lowest BCUT2D eigenvalue weighted by Crippen LogP contribution is -2.26. The molecule has 6 heteroatoms. The summed E-state index contributed by atoms with van der Waals surface area (Å²) in [5.74, 6) is -1.36. The van der Waals surface area contributed by atoms with Crippen molar-refractivity contribution >= 4 is 11.6 Å². The highest BCUT2D eigenvalue weighted by Crippen LogP contribution is 2.08. The van der Waals surface area contributed by atoms with Crippen molar-refractivity contribution in [3.8, 4) is 0 Å². The van der Waals surface area contributed by atoms with Gasteiger partial charge in [0.25, 0.3) is 5.91 Å². The van der Waals surface area contributed by atoms with Crippen LogP contribution < -0.4 is 5.32 Å². The number of pyridine rings is 1. The second kappa shape index (κ2) is 5.93. The third-order valence-electron chi connectivity index (χ3n) is 3.25. The molecule has 1 N–H and O–H groups in total. The van der Waals surface area contributed by atoms with Gasteiger partial charge in [0.2, 0.25) is 0 Å². The standard InChI is InChI=1S/C16H13F2N3O/c17-11-5-6-15-20-12(10-21(15)9-11)7-8-19-16(22)13-3-1-2-4-14(13)18/h1-6,9-10H,7-8H2,(H,19,22). The minimum atomic E-state index is -0.553. The molecule has 2 aromatic heterocycles. The Kier molecular flexibility index (Phi) is 3.82. The molecule has 1 aromatic carbocycles. The van der Waals surface area contributed by atoms with Gasteiger partial charge in [-0.3, -0.25) is 4.79 Å². The molecular weight excluding hydrogens is 288 g/mol. The lowest BCUT2D eigenvalue weighted by Gasteiger charge is -2.04. The van der Waals surface area contributed by atoms with Crippen molar-refractivity contribution < 1.29 is 13.6 Å². The number of benzene rings is 1. The Hall–Kier alpha value is -2.76. The van der Waals surface area contributed by atoms with Gasteiger partial charge in [0.05, 0.1) is 11.3 Å². The zero-order chi connectivity index (χ0) is 15.5. The van der Waals surface area contributed by atoms with E-state index >= 15 is 0 Å². The summed E-state index contributed by atoms with van der Waals surface area (Å²) in [4.78, 5) is 16.2. The minimum Gasteiger partial charge on any atom is -0.352 e. The van der Waals surface area contributed by atoms with Crippen molar-refractivity contribution in [2.24, 2.45) is 0 Å². The number of amides is 1. The monoisotopic (exact) mass is 301 g/mol. The minimum absolute atomic E-state index is 0.0135. The Labute approximate surface area is 125 Å². The maximum Gasteiger partial charge on any atom is 0.254 e. The van der Waals surface area contributed by atoms with Crippen LogP contribution in [0.25, 0.3) is 5.65 Å². The van der Waals surface area contributed by atoms with Crippen molar-refractivity contribution in [2.75, 3.05) is 6.54 Å². The molecule has 0 atom stereocenters. The van der Waals surface area contributed by atoms with Gasteiger partial charge < -0.3 is 9.72 Å². The molecule has 0 aliphatic carbocycles. The zero-order valence-corrected chi connectivity index (χ0v) is 11.6. The average Bonchev–Trinajstić information content (AvgIpc) is 2.89. The highest BCUT2D eigenvalue weighted by atomic mass is 19.1. The van der Waals surface area contributed by atoms with E-state index in [1.807, 2.05) is 0 Å². The highest BCUT2D eigenvalue weighted by Gasteiger charge is 2.10.